The number of ketones is 1. The number of nitrogens with zero attached hydrogens (tertiary/aromatic N) is 2. The molecule has 7 heteroatoms. The first-order valence-electron chi connectivity index (χ1n) is 9.65. The molecule has 150 valence electrons. The summed E-state index contributed by atoms with van der Waals surface area (Å²) in [4.78, 5) is 37.6. The number of carbonyl (C=O) groups is 2. The lowest BCUT2D eigenvalue weighted by atomic mass is 9.81. The number of non-ortho nitro benzene ring substituents is 1. The number of carbonyl (C=O) groups excluding carboxylic acids is 2. The lowest BCUT2D eigenvalue weighted by Gasteiger charge is -2.44. The quantitative estimate of drug-likeness (QED) is 0.570. The maximum atomic E-state index is 12.8. The maximum absolute atomic E-state index is 12.8. The zero-order chi connectivity index (χ0) is 20.8. The van der Waals surface area contributed by atoms with Crippen LogP contribution in [0.15, 0.2) is 36.4 Å². The third kappa shape index (κ3) is 3.48. The normalized spacial score (nSPS) is 17.6. The first kappa shape index (κ1) is 19.1. The third-order valence-corrected chi connectivity index (χ3v) is 5.82. The molecule has 1 saturated heterocycles. The summed E-state index contributed by atoms with van der Waals surface area (Å²) in [6.45, 7) is 4.86. The molecule has 0 unspecified atom stereocenters. The van der Waals surface area contributed by atoms with Gasteiger partial charge in [0.15, 0.2) is 5.78 Å². The highest BCUT2D eigenvalue weighted by molar-refractivity contribution is 6.02. The molecule has 0 saturated carbocycles. The van der Waals surface area contributed by atoms with Crippen LogP contribution in [0.3, 0.4) is 0 Å². The van der Waals surface area contributed by atoms with Crippen molar-refractivity contribution in [3.8, 4) is 5.75 Å². The van der Waals surface area contributed by atoms with Crippen LogP contribution in [-0.2, 0) is 0 Å². The average molecular weight is 394 g/mol. The summed E-state index contributed by atoms with van der Waals surface area (Å²) in [5.74, 6) is 0.580. The lowest BCUT2D eigenvalue weighted by Crippen LogP contribution is -2.52. The molecule has 1 fully saturated rings. The van der Waals surface area contributed by atoms with Gasteiger partial charge in [-0.3, -0.25) is 19.7 Å². The second-order valence-corrected chi connectivity index (χ2v) is 7.94. The highest BCUT2D eigenvalue weighted by Crippen LogP contribution is 2.41. The molecule has 2 aromatic rings. The van der Waals surface area contributed by atoms with Crippen molar-refractivity contribution in [3.05, 3.63) is 68.8 Å². The van der Waals surface area contributed by atoms with E-state index in [1.807, 2.05) is 26.0 Å². The van der Waals surface area contributed by atoms with E-state index in [2.05, 4.69) is 0 Å². The Labute approximate surface area is 168 Å². The number of amides is 1. The van der Waals surface area contributed by atoms with Crippen LogP contribution in [0.1, 0.15) is 51.1 Å². The van der Waals surface area contributed by atoms with E-state index in [1.54, 1.807) is 4.90 Å². The summed E-state index contributed by atoms with van der Waals surface area (Å²) < 4.78 is 6.33. The first-order valence-corrected chi connectivity index (χ1v) is 9.65. The fraction of sp³-hybridized carbons (Fsp3) is 0.364. The molecule has 7 nitrogen and oxygen atoms in total. The number of Topliss-reactive ketones (excluding diaryl/α,β-unsaturated/α-hetero) is 1. The minimum Gasteiger partial charge on any atom is -0.486 e. The van der Waals surface area contributed by atoms with Crippen LogP contribution in [0.5, 0.6) is 5.75 Å². The molecule has 0 atom stereocenters. The Balaban J connectivity index is 1.48. The van der Waals surface area contributed by atoms with E-state index in [1.165, 1.54) is 24.3 Å². The monoisotopic (exact) mass is 394 g/mol. The molecule has 2 aliphatic heterocycles. The molecule has 0 N–H and O–H groups in total. The molecule has 2 heterocycles. The molecule has 2 aromatic carbocycles. The molecule has 0 radical (unpaired) electrons. The minimum absolute atomic E-state index is 0.0440. The molecule has 0 bridgehead atoms. The number of nitro groups is 1. The smallest absolute Gasteiger partial charge is 0.269 e. The van der Waals surface area contributed by atoms with E-state index < -0.39 is 10.5 Å². The van der Waals surface area contributed by atoms with E-state index in [-0.39, 0.29) is 17.4 Å². The minimum atomic E-state index is -0.573. The van der Waals surface area contributed by atoms with E-state index >= 15 is 0 Å². The van der Waals surface area contributed by atoms with Crippen molar-refractivity contribution in [2.45, 2.75) is 38.7 Å². The standard InChI is InChI=1S/C22H22N2O5/c1-14-11-15(2)20-18(25)13-22(29-19(20)12-14)7-9-23(10-8-22)21(26)16-3-5-17(6-4-16)24(27)28/h3-6,11-12H,7-10,13H2,1-2H3. The first-order chi connectivity index (χ1) is 13.8. The van der Waals surface area contributed by atoms with Gasteiger partial charge in [0.05, 0.1) is 16.9 Å². The molecular weight excluding hydrogens is 372 g/mol. The van der Waals surface area contributed by atoms with Crippen molar-refractivity contribution in [1.29, 1.82) is 0 Å². The Morgan fingerprint density at radius 3 is 2.41 bits per heavy atom. The molecule has 29 heavy (non-hydrogen) atoms. The Bertz CT molecular complexity index is 1000. The summed E-state index contributed by atoms with van der Waals surface area (Å²) in [6.07, 6.45) is 1.47. The van der Waals surface area contributed by atoms with Crippen LogP contribution in [0.25, 0.3) is 0 Å². The van der Waals surface area contributed by atoms with Crippen molar-refractivity contribution < 1.29 is 19.2 Å². The lowest BCUT2D eigenvalue weighted by molar-refractivity contribution is -0.384. The number of piperidine rings is 1. The number of ether oxygens (including phenoxy) is 1. The summed E-state index contributed by atoms with van der Waals surface area (Å²) >= 11 is 0. The fourth-order valence-corrected chi connectivity index (χ4v) is 4.32. The van der Waals surface area contributed by atoms with Crippen molar-refractivity contribution in [1.82, 2.24) is 4.90 Å². The third-order valence-electron chi connectivity index (χ3n) is 5.82. The van der Waals surface area contributed by atoms with E-state index in [4.69, 9.17) is 4.74 Å². The maximum Gasteiger partial charge on any atom is 0.269 e. The zero-order valence-electron chi connectivity index (χ0n) is 16.4. The zero-order valence-corrected chi connectivity index (χ0v) is 16.4. The number of aryl methyl sites for hydroxylation is 2. The van der Waals surface area contributed by atoms with Gasteiger partial charge in [0, 0.05) is 43.6 Å². The number of benzene rings is 2. The van der Waals surface area contributed by atoms with Gasteiger partial charge >= 0.3 is 0 Å². The fourth-order valence-electron chi connectivity index (χ4n) is 4.32. The summed E-state index contributed by atoms with van der Waals surface area (Å²) in [6, 6.07) is 9.53. The predicted octanol–water partition coefficient (Wildman–Crippen LogP) is 3.85. The number of hydrogen-bond donors (Lipinski definition) is 0. The molecule has 1 amide bonds. The van der Waals surface area contributed by atoms with Gasteiger partial charge in [-0.2, -0.15) is 0 Å². The number of likely N-dealkylation sites (tertiary alicyclic amines) is 1. The molecule has 2 aliphatic rings. The van der Waals surface area contributed by atoms with Crippen LogP contribution >= 0.6 is 0 Å². The van der Waals surface area contributed by atoms with Gasteiger partial charge in [-0.15, -0.1) is 0 Å². The highest BCUT2D eigenvalue weighted by atomic mass is 16.6. The van der Waals surface area contributed by atoms with Crippen LogP contribution in [0, 0.1) is 24.0 Å². The number of rotatable bonds is 2. The number of hydrogen-bond acceptors (Lipinski definition) is 5. The van der Waals surface area contributed by atoms with Gasteiger partial charge in [-0.25, -0.2) is 0 Å². The largest absolute Gasteiger partial charge is 0.486 e. The topological polar surface area (TPSA) is 89.8 Å². The van der Waals surface area contributed by atoms with Crippen LogP contribution in [0.4, 0.5) is 5.69 Å². The Hall–Kier alpha value is -3.22. The van der Waals surface area contributed by atoms with Gasteiger partial charge in [0.2, 0.25) is 0 Å². The molecule has 0 aromatic heterocycles. The van der Waals surface area contributed by atoms with Gasteiger partial charge in [0.1, 0.15) is 11.4 Å². The van der Waals surface area contributed by atoms with Gasteiger partial charge in [-0.05, 0) is 43.2 Å². The van der Waals surface area contributed by atoms with Crippen molar-refractivity contribution in [3.63, 3.8) is 0 Å². The Morgan fingerprint density at radius 1 is 1.14 bits per heavy atom. The molecule has 4 rings (SSSR count). The number of nitro benzene ring substituents is 1. The van der Waals surface area contributed by atoms with Crippen molar-refractivity contribution in [2.75, 3.05) is 13.1 Å². The van der Waals surface area contributed by atoms with Gasteiger partial charge in [0.25, 0.3) is 11.6 Å². The van der Waals surface area contributed by atoms with E-state index in [0.717, 1.165) is 11.1 Å². The van der Waals surface area contributed by atoms with Crippen LogP contribution < -0.4 is 4.74 Å². The Kier molecular flexibility index (Phi) is 4.61. The molecular formula is C22H22N2O5. The Morgan fingerprint density at radius 2 is 1.79 bits per heavy atom. The molecule has 0 aliphatic carbocycles. The van der Waals surface area contributed by atoms with Crippen molar-refractivity contribution >= 4 is 17.4 Å². The number of fused-ring (bicyclic) bond motifs is 1. The van der Waals surface area contributed by atoms with E-state index in [0.29, 0.717) is 49.2 Å². The molecule has 1 spiro atoms. The van der Waals surface area contributed by atoms with Crippen molar-refractivity contribution in [2.24, 2.45) is 0 Å². The summed E-state index contributed by atoms with van der Waals surface area (Å²) in [5, 5.41) is 10.8. The summed E-state index contributed by atoms with van der Waals surface area (Å²) in [5.41, 5.74) is 2.46. The predicted molar refractivity (Wildman–Crippen MR) is 106 cm³/mol. The second-order valence-electron chi connectivity index (χ2n) is 7.94. The SMILES string of the molecule is Cc1cc(C)c2c(c1)OC1(CCN(C(=O)c3ccc([N+](=O)[O-])cc3)CC1)CC2=O. The summed E-state index contributed by atoms with van der Waals surface area (Å²) in [7, 11) is 0. The van der Waals surface area contributed by atoms with Gasteiger partial charge < -0.3 is 9.64 Å². The van der Waals surface area contributed by atoms with E-state index in [9.17, 15) is 19.7 Å². The van der Waals surface area contributed by atoms with Crippen LogP contribution in [-0.4, -0.2) is 40.2 Å². The second kappa shape index (κ2) is 6.99. The highest BCUT2D eigenvalue weighted by Gasteiger charge is 2.44. The average Bonchev–Trinajstić information content (AvgIpc) is 2.67. The van der Waals surface area contributed by atoms with Gasteiger partial charge in [-0.1, -0.05) is 6.07 Å². The van der Waals surface area contributed by atoms with Crippen LogP contribution in [0.2, 0.25) is 0 Å².